The van der Waals surface area contributed by atoms with Gasteiger partial charge in [0.05, 0.1) is 96.4 Å². The molecule has 0 atom stereocenters. The van der Waals surface area contributed by atoms with Crippen LogP contribution in [0, 0.1) is 0 Å². The van der Waals surface area contributed by atoms with E-state index >= 15 is 0 Å². The Morgan fingerprint density at radius 3 is 0.564 bits per heavy atom. The Balaban J connectivity index is 0.899. The van der Waals surface area contributed by atoms with Crippen LogP contribution in [-0.2, 0) is 5.41 Å². The standard InChI is InChI=1S/C89H58N8S4/c1-3-27-67-65(25-1)66-26-2-4-28-68(66)89(67,59-53-61(90-69-29-5-13-37-77(69)94(85-45-21-49-98-85)78-38-14-6-30-70(78)90)57-62(54-59)91-71-31-7-15-39-79(71)95(86-46-22-50-99-86)80-40-16-8-32-72(80)91)60-55-63(92-73-33-9-17-41-81(73)96(87-47-23-51-100-87)82-42-18-10-34-74(82)92)58-64(56-60)93-75-35-11-19-43-83(75)97(88-48-24-52-101-88)84-44-20-12-36-76(84)93/h1-58H. The third kappa shape index (κ3) is 8.63. The van der Waals surface area contributed by atoms with Crippen molar-refractivity contribution in [2.45, 2.75) is 5.41 Å². The predicted octanol–water partition coefficient (Wildman–Crippen LogP) is 27.3. The highest BCUT2D eigenvalue weighted by atomic mass is 32.1. The zero-order valence-electron chi connectivity index (χ0n) is 54.2. The van der Waals surface area contributed by atoms with E-state index in [1.165, 1.54) is 22.3 Å². The number of hydrogen-bond acceptors (Lipinski definition) is 12. The molecule has 12 heteroatoms. The van der Waals surface area contributed by atoms with E-state index < -0.39 is 5.41 Å². The molecule has 12 aromatic carbocycles. The average Bonchev–Trinajstić information content (AvgIpc) is 1.58. The maximum absolute atomic E-state index is 2.54. The van der Waals surface area contributed by atoms with Gasteiger partial charge in [0.15, 0.2) is 0 Å². The lowest BCUT2D eigenvalue weighted by Gasteiger charge is -2.43. The van der Waals surface area contributed by atoms with Crippen molar-refractivity contribution in [1.29, 1.82) is 0 Å². The molecule has 4 aliphatic heterocycles. The Hall–Kier alpha value is -12.2. The van der Waals surface area contributed by atoms with Crippen molar-refractivity contribution in [2.75, 3.05) is 39.2 Å². The lowest BCUT2D eigenvalue weighted by atomic mass is 9.67. The van der Waals surface area contributed by atoms with Crippen LogP contribution in [0.4, 0.5) is 134 Å². The van der Waals surface area contributed by atoms with Gasteiger partial charge in [0.2, 0.25) is 0 Å². The molecule has 0 unspecified atom stereocenters. The van der Waals surface area contributed by atoms with Gasteiger partial charge >= 0.3 is 0 Å². The van der Waals surface area contributed by atoms with Gasteiger partial charge in [-0.2, -0.15) is 0 Å². The van der Waals surface area contributed by atoms with E-state index in [9.17, 15) is 0 Å². The van der Waals surface area contributed by atoms with E-state index in [4.69, 9.17) is 0 Å². The summed E-state index contributed by atoms with van der Waals surface area (Å²) in [7, 11) is 0. The summed E-state index contributed by atoms with van der Waals surface area (Å²) in [6.45, 7) is 0. The Kier molecular flexibility index (Phi) is 13.2. The number of benzene rings is 12. The van der Waals surface area contributed by atoms with Crippen LogP contribution < -0.4 is 39.2 Å². The van der Waals surface area contributed by atoms with E-state index in [1.54, 1.807) is 45.3 Å². The van der Waals surface area contributed by atoms with Gasteiger partial charge in [-0.1, -0.05) is 146 Å². The molecule has 0 amide bonds. The molecule has 1 aliphatic carbocycles. The van der Waals surface area contributed by atoms with Crippen molar-refractivity contribution in [3.05, 3.63) is 371 Å². The molecule has 4 aromatic heterocycles. The van der Waals surface area contributed by atoms with E-state index in [0.717, 1.165) is 145 Å². The van der Waals surface area contributed by atoms with Gasteiger partial charge in [-0.25, -0.2) is 0 Å². The lowest BCUT2D eigenvalue weighted by molar-refractivity contribution is 0.768. The number of para-hydroxylation sites is 16. The van der Waals surface area contributed by atoms with Gasteiger partial charge in [0.1, 0.15) is 20.0 Å². The van der Waals surface area contributed by atoms with Crippen molar-refractivity contribution >= 4 is 179 Å². The van der Waals surface area contributed by atoms with Gasteiger partial charge in [-0.3, -0.25) is 19.6 Å². The number of hydrogen-bond donors (Lipinski definition) is 0. The van der Waals surface area contributed by atoms with Gasteiger partial charge in [-0.05, 0) is 237 Å². The minimum absolute atomic E-state index is 1.01. The van der Waals surface area contributed by atoms with Gasteiger partial charge in [0, 0.05) is 22.7 Å². The Labute approximate surface area is 601 Å². The number of nitrogens with zero attached hydrogens (tertiary/aromatic N) is 8. The molecule has 478 valence electrons. The first kappa shape index (κ1) is 57.9. The fourth-order valence-electron chi connectivity index (χ4n) is 16.6. The van der Waals surface area contributed by atoms with Gasteiger partial charge in [-0.15, -0.1) is 45.3 Å². The maximum Gasteiger partial charge on any atom is 0.100 e. The quantitative estimate of drug-likeness (QED) is 0.134. The number of fused-ring (bicyclic) bond motifs is 11. The molecule has 8 heterocycles. The van der Waals surface area contributed by atoms with Crippen molar-refractivity contribution in [3.8, 4) is 11.1 Å². The fraction of sp³-hybridized carbons (Fsp3) is 0.0112. The molecule has 101 heavy (non-hydrogen) atoms. The third-order valence-corrected chi connectivity index (χ3v) is 23.9. The van der Waals surface area contributed by atoms with Crippen molar-refractivity contribution in [1.82, 2.24) is 0 Å². The molecule has 0 saturated heterocycles. The van der Waals surface area contributed by atoms with Crippen molar-refractivity contribution in [3.63, 3.8) is 0 Å². The summed E-state index contributed by atoms with van der Waals surface area (Å²) in [4.78, 5) is 19.9. The van der Waals surface area contributed by atoms with Crippen LogP contribution in [-0.4, -0.2) is 0 Å². The minimum Gasteiger partial charge on any atom is -0.306 e. The summed E-state index contributed by atoms with van der Waals surface area (Å²) >= 11 is 7.03. The largest absolute Gasteiger partial charge is 0.306 e. The first-order chi connectivity index (χ1) is 50.2. The predicted molar refractivity (Wildman–Crippen MR) is 427 cm³/mol. The summed E-state index contributed by atoms with van der Waals surface area (Å²) in [6, 6.07) is 123. The highest BCUT2D eigenvalue weighted by Gasteiger charge is 2.49. The fourth-order valence-corrected chi connectivity index (χ4v) is 19.6. The second-order valence-electron chi connectivity index (χ2n) is 25.7. The maximum atomic E-state index is 2.54. The van der Waals surface area contributed by atoms with Crippen LogP contribution in [0.1, 0.15) is 22.3 Å². The van der Waals surface area contributed by atoms with Gasteiger partial charge < -0.3 is 19.6 Å². The van der Waals surface area contributed by atoms with Crippen molar-refractivity contribution in [2.24, 2.45) is 0 Å². The molecular weight excluding hydrogens is 1310 g/mol. The van der Waals surface area contributed by atoms with Crippen molar-refractivity contribution < 1.29 is 0 Å². The molecule has 0 fully saturated rings. The summed E-state index contributed by atoms with van der Waals surface area (Å²) in [5, 5.41) is 13.3. The number of anilines is 24. The first-order valence-electron chi connectivity index (χ1n) is 33.9. The van der Waals surface area contributed by atoms with E-state index in [1.807, 2.05) is 0 Å². The molecule has 0 spiro atoms. The molecule has 0 bridgehead atoms. The second kappa shape index (κ2) is 23.0. The van der Waals surface area contributed by atoms with Crippen LogP contribution in [0.5, 0.6) is 0 Å². The average molecular weight is 1370 g/mol. The molecule has 0 N–H and O–H groups in total. The molecule has 21 rings (SSSR count). The molecule has 0 saturated carbocycles. The summed E-state index contributed by atoms with van der Waals surface area (Å²) in [6.07, 6.45) is 0. The molecule has 0 radical (unpaired) electrons. The Morgan fingerprint density at radius 1 is 0.178 bits per heavy atom. The summed E-state index contributed by atoms with van der Waals surface area (Å²) in [5.41, 5.74) is 27.5. The Morgan fingerprint density at radius 2 is 0.366 bits per heavy atom. The third-order valence-electron chi connectivity index (χ3n) is 20.5. The lowest BCUT2D eigenvalue weighted by Crippen LogP contribution is -2.31. The first-order valence-corrected chi connectivity index (χ1v) is 37.5. The summed E-state index contributed by atoms with van der Waals surface area (Å²) < 4.78 is 0. The van der Waals surface area contributed by atoms with Gasteiger partial charge in [0.25, 0.3) is 0 Å². The zero-order valence-corrected chi connectivity index (χ0v) is 57.5. The molecule has 8 nitrogen and oxygen atoms in total. The molecule has 5 aliphatic rings. The minimum atomic E-state index is -1.01. The zero-order chi connectivity index (χ0) is 66.3. The Bertz CT molecular complexity index is 5050. The molecular formula is C89H58N8S4. The topological polar surface area (TPSA) is 25.9 Å². The van der Waals surface area contributed by atoms with Crippen LogP contribution >= 0.6 is 45.3 Å². The smallest absolute Gasteiger partial charge is 0.100 e. The second-order valence-corrected chi connectivity index (χ2v) is 29.4. The highest BCUT2D eigenvalue weighted by Crippen LogP contribution is 2.65. The van der Waals surface area contributed by atoms with E-state index in [2.05, 4.69) is 388 Å². The monoisotopic (exact) mass is 1370 g/mol. The van der Waals surface area contributed by atoms with Crippen LogP contribution in [0.3, 0.4) is 0 Å². The number of thiophene rings is 4. The molecule has 16 aromatic rings. The van der Waals surface area contributed by atoms with Crippen LogP contribution in [0.25, 0.3) is 11.1 Å². The highest BCUT2D eigenvalue weighted by molar-refractivity contribution is 7.15. The van der Waals surface area contributed by atoms with E-state index in [0.29, 0.717) is 0 Å². The van der Waals surface area contributed by atoms with E-state index in [-0.39, 0.29) is 0 Å². The number of rotatable bonds is 10. The van der Waals surface area contributed by atoms with Crippen LogP contribution in [0.15, 0.2) is 349 Å². The van der Waals surface area contributed by atoms with Crippen LogP contribution in [0.2, 0.25) is 0 Å². The normalized spacial score (nSPS) is 14.1. The SMILES string of the molecule is c1csc(N2c3ccccc3N(c3cc(N4c5ccccc5N(c5cccs5)c5ccccc54)cc(C4(c5cc(N6c7ccccc7N(c7cccs7)c7ccccc76)cc(N6c7ccccc7N(c7cccs7)c7ccccc76)c5)c5ccccc5-c5ccccc54)c3)c3ccccc32)c1. The summed E-state index contributed by atoms with van der Waals surface area (Å²) in [5.74, 6) is 0.